The average molecular weight is 613 g/mol. The van der Waals surface area contributed by atoms with Crippen molar-refractivity contribution in [1.82, 2.24) is 9.55 Å². The molecule has 0 aliphatic heterocycles. The standard InChI is InChI=1S/C45H28N2O/c1-3-11-29(12-4-1)32-19-23-34(37(27-32)30-13-5-2-6-14-30)33-22-26-42(46-28-33)47-38-17-9-7-15-35(38)44-39(47)24-20-31-21-25-41-45(43(31)44)36-16-8-10-18-40(36)48-41/h1-28H. The van der Waals surface area contributed by atoms with Crippen LogP contribution in [-0.4, -0.2) is 9.55 Å². The van der Waals surface area contributed by atoms with Gasteiger partial charge in [0.15, 0.2) is 0 Å². The molecule has 0 radical (unpaired) electrons. The maximum Gasteiger partial charge on any atom is 0.137 e. The number of nitrogens with zero attached hydrogens (tertiary/aromatic N) is 2. The first-order chi connectivity index (χ1) is 23.8. The van der Waals surface area contributed by atoms with Crippen LogP contribution in [0.15, 0.2) is 174 Å². The summed E-state index contributed by atoms with van der Waals surface area (Å²) in [5.41, 5.74) is 11.1. The molecular weight excluding hydrogens is 585 g/mol. The molecular formula is C45H28N2O. The van der Waals surface area contributed by atoms with E-state index >= 15 is 0 Å². The van der Waals surface area contributed by atoms with Gasteiger partial charge in [0.05, 0.1) is 11.0 Å². The third-order valence-electron chi connectivity index (χ3n) is 9.66. The largest absolute Gasteiger partial charge is 0.456 e. The van der Waals surface area contributed by atoms with Crippen LogP contribution in [0.2, 0.25) is 0 Å². The predicted molar refractivity (Wildman–Crippen MR) is 200 cm³/mol. The molecule has 0 saturated heterocycles. The Hall–Kier alpha value is -6.45. The van der Waals surface area contributed by atoms with E-state index < -0.39 is 0 Å². The molecule has 0 fully saturated rings. The van der Waals surface area contributed by atoms with E-state index in [0.29, 0.717) is 0 Å². The minimum atomic E-state index is 0.885. The molecule has 48 heavy (non-hydrogen) atoms. The van der Waals surface area contributed by atoms with Crippen LogP contribution in [-0.2, 0) is 0 Å². The van der Waals surface area contributed by atoms with E-state index in [4.69, 9.17) is 9.40 Å². The number of rotatable bonds is 4. The molecule has 0 amide bonds. The SMILES string of the molecule is c1ccc(-c2ccc(-c3ccc(-n4c5ccccc5c5c6c(ccc7oc8ccccc8c76)ccc54)nc3)c(-c3ccccc3)c2)cc1. The van der Waals surface area contributed by atoms with E-state index in [1.807, 2.05) is 12.3 Å². The summed E-state index contributed by atoms with van der Waals surface area (Å²) in [6, 6.07) is 58.0. The topological polar surface area (TPSA) is 31.0 Å². The second kappa shape index (κ2) is 10.5. The molecule has 0 N–H and O–H groups in total. The number of furan rings is 1. The maximum absolute atomic E-state index is 6.32. The monoisotopic (exact) mass is 612 g/mol. The van der Waals surface area contributed by atoms with Gasteiger partial charge in [-0.3, -0.25) is 4.57 Å². The van der Waals surface area contributed by atoms with Gasteiger partial charge in [0, 0.05) is 38.7 Å². The van der Waals surface area contributed by atoms with Crippen LogP contribution < -0.4 is 0 Å². The highest BCUT2D eigenvalue weighted by molar-refractivity contribution is 6.31. The third kappa shape index (κ3) is 4.04. The summed E-state index contributed by atoms with van der Waals surface area (Å²) >= 11 is 0. The van der Waals surface area contributed by atoms with Crippen LogP contribution in [0.4, 0.5) is 0 Å². The van der Waals surface area contributed by atoms with Crippen molar-refractivity contribution in [3.05, 3.63) is 170 Å². The first-order valence-corrected chi connectivity index (χ1v) is 16.3. The molecule has 3 heterocycles. The van der Waals surface area contributed by atoms with Crippen LogP contribution in [0.25, 0.3) is 93.7 Å². The normalized spacial score (nSPS) is 11.8. The number of aromatic nitrogens is 2. The Labute approximate surface area is 277 Å². The lowest BCUT2D eigenvalue weighted by atomic mass is 9.91. The average Bonchev–Trinajstić information content (AvgIpc) is 3.71. The van der Waals surface area contributed by atoms with Crippen LogP contribution in [0.1, 0.15) is 0 Å². The Bertz CT molecular complexity index is 2810. The molecule has 0 spiro atoms. The van der Waals surface area contributed by atoms with Crippen molar-refractivity contribution in [1.29, 1.82) is 0 Å². The van der Waals surface area contributed by atoms with Gasteiger partial charge < -0.3 is 4.42 Å². The Kier molecular flexibility index (Phi) is 5.87. The Morgan fingerprint density at radius 2 is 1.12 bits per heavy atom. The van der Waals surface area contributed by atoms with E-state index in [0.717, 1.165) is 49.9 Å². The lowest BCUT2D eigenvalue weighted by molar-refractivity contribution is 0.669. The Morgan fingerprint density at radius 1 is 0.417 bits per heavy atom. The van der Waals surface area contributed by atoms with Gasteiger partial charge >= 0.3 is 0 Å². The number of fused-ring (bicyclic) bond motifs is 9. The number of hydrogen-bond acceptors (Lipinski definition) is 2. The molecule has 0 unspecified atom stereocenters. The van der Waals surface area contributed by atoms with Crippen LogP contribution >= 0.6 is 0 Å². The van der Waals surface area contributed by atoms with E-state index in [1.54, 1.807) is 0 Å². The molecule has 10 aromatic rings. The van der Waals surface area contributed by atoms with Gasteiger partial charge in [0.2, 0.25) is 0 Å². The van der Waals surface area contributed by atoms with Gasteiger partial charge in [-0.2, -0.15) is 0 Å². The van der Waals surface area contributed by atoms with Crippen molar-refractivity contribution in [2.24, 2.45) is 0 Å². The van der Waals surface area contributed by atoms with Crippen molar-refractivity contribution in [3.8, 4) is 39.2 Å². The number of pyridine rings is 1. The molecule has 7 aromatic carbocycles. The van der Waals surface area contributed by atoms with E-state index in [-0.39, 0.29) is 0 Å². The van der Waals surface area contributed by atoms with Gasteiger partial charge in [-0.05, 0) is 75.7 Å². The lowest BCUT2D eigenvalue weighted by Crippen LogP contribution is -1.97. The summed E-state index contributed by atoms with van der Waals surface area (Å²) in [6.07, 6.45) is 2.02. The van der Waals surface area contributed by atoms with Gasteiger partial charge in [-0.15, -0.1) is 0 Å². The van der Waals surface area contributed by atoms with Crippen LogP contribution in [0.5, 0.6) is 0 Å². The highest BCUT2D eigenvalue weighted by Gasteiger charge is 2.19. The predicted octanol–water partition coefficient (Wildman–Crippen LogP) is 12.2. The summed E-state index contributed by atoms with van der Waals surface area (Å²) in [4.78, 5) is 5.14. The quantitative estimate of drug-likeness (QED) is 0.198. The first kappa shape index (κ1) is 26.7. The molecule has 3 heteroatoms. The fraction of sp³-hybridized carbons (Fsp3) is 0. The molecule has 0 bridgehead atoms. The highest BCUT2D eigenvalue weighted by Crippen LogP contribution is 2.43. The van der Waals surface area contributed by atoms with Gasteiger partial charge in [0.25, 0.3) is 0 Å². The second-order valence-corrected chi connectivity index (χ2v) is 12.3. The van der Waals surface area contributed by atoms with Crippen molar-refractivity contribution < 1.29 is 4.42 Å². The van der Waals surface area contributed by atoms with Gasteiger partial charge in [0.1, 0.15) is 17.0 Å². The molecule has 0 saturated carbocycles. The molecule has 224 valence electrons. The Balaban J connectivity index is 1.17. The van der Waals surface area contributed by atoms with Crippen LogP contribution in [0.3, 0.4) is 0 Å². The molecule has 0 atom stereocenters. The van der Waals surface area contributed by atoms with E-state index in [1.165, 1.54) is 43.8 Å². The minimum Gasteiger partial charge on any atom is -0.456 e. The fourth-order valence-electron chi connectivity index (χ4n) is 7.48. The summed E-state index contributed by atoms with van der Waals surface area (Å²) in [5, 5.41) is 7.12. The highest BCUT2D eigenvalue weighted by atomic mass is 16.3. The van der Waals surface area contributed by atoms with Crippen molar-refractivity contribution in [2.45, 2.75) is 0 Å². The second-order valence-electron chi connectivity index (χ2n) is 12.3. The van der Waals surface area contributed by atoms with Gasteiger partial charge in [-0.25, -0.2) is 4.98 Å². The zero-order valence-electron chi connectivity index (χ0n) is 26.0. The lowest BCUT2D eigenvalue weighted by Gasteiger charge is -2.14. The minimum absolute atomic E-state index is 0.885. The number of benzene rings is 7. The van der Waals surface area contributed by atoms with E-state index in [2.05, 4.69) is 162 Å². The third-order valence-corrected chi connectivity index (χ3v) is 9.66. The van der Waals surface area contributed by atoms with Gasteiger partial charge in [-0.1, -0.05) is 121 Å². The summed E-state index contributed by atoms with van der Waals surface area (Å²) in [5.74, 6) is 0.885. The molecule has 3 aromatic heterocycles. The van der Waals surface area contributed by atoms with Crippen molar-refractivity contribution in [2.75, 3.05) is 0 Å². The summed E-state index contributed by atoms with van der Waals surface area (Å²) < 4.78 is 8.62. The zero-order chi connectivity index (χ0) is 31.6. The van der Waals surface area contributed by atoms with Crippen molar-refractivity contribution in [3.63, 3.8) is 0 Å². The zero-order valence-corrected chi connectivity index (χ0v) is 26.0. The fourth-order valence-corrected chi connectivity index (χ4v) is 7.48. The van der Waals surface area contributed by atoms with E-state index in [9.17, 15) is 0 Å². The van der Waals surface area contributed by atoms with Crippen LogP contribution in [0, 0.1) is 0 Å². The number of para-hydroxylation sites is 2. The smallest absolute Gasteiger partial charge is 0.137 e. The molecule has 0 aliphatic rings. The molecule has 3 nitrogen and oxygen atoms in total. The summed E-state index contributed by atoms with van der Waals surface area (Å²) in [7, 11) is 0. The molecule has 0 aliphatic carbocycles. The first-order valence-electron chi connectivity index (χ1n) is 16.3. The maximum atomic E-state index is 6.32. The van der Waals surface area contributed by atoms with Crippen molar-refractivity contribution >= 4 is 54.5 Å². The number of hydrogen-bond donors (Lipinski definition) is 0. The molecule has 10 rings (SSSR count). The summed E-state index contributed by atoms with van der Waals surface area (Å²) in [6.45, 7) is 0. The Morgan fingerprint density at radius 3 is 1.94 bits per heavy atom.